The second-order valence-corrected chi connectivity index (χ2v) is 8.92. The minimum Gasteiger partial charge on any atom is -0.399 e. The van der Waals surface area contributed by atoms with E-state index in [1.807, 2.05) is 13.0 Å². The summed E-state index contributed by atoms with van der Waals surface area (Å²) in [5.74, 6) is -0.0225. The van der Waals surface area contributed by atoms with Crippen LogP contribution in [-0.2, 0) is 17.6 Å². The molecule has 0 aromatic heterocycles. The number of aryl methyl sites for hydroxylation is 5. The first-order valence-corrected chi connectivity index (χ1v) is 12.3. The number of anilines is 2. The molecule has 0 radical (unpaired) electrons. The van der Waals surface area contributed by atoms with Gasteiger partial charge in [-0.15, -0.1) is 24.8 Å². The molecule has 188 valence electrons. The van der Waals surface area contributed by atoms with Crippen molar-refractivity contribution in [2.45, 2.75) is 61.3 Å². The maximum Gasteiger partial charge on any atom is 0.221 e. The molecule has 2 rings (SSSR count). The van der Waals surface area contributed by atoms with Crippen LogP contribution in [0.1, 0.15) is 54.2 Å². The molecular weight excluding hydrogens is 521 g/mol. The number of benzene rings is 2. The fourth-order valence-corrected chi connectivity index (χ4v) is 3.98. The van der Waals surface area contributed by atoms with Gasteiger partial charge in [0.15, 0.2) is 0 Å². The Kier molecular flexibility index (Phi) is 17.7. The number of nitrogen functional groups attached to an aromatic ring is 1. The number of amides is 1. The summed E-state index contributed by atoms with van der Waals surface area (Å²) in [6, 6.07) is 8.50. The van der Waals surface area contributed by atoms with Crippen molar-refractivity contribution in [3.63, 3.8) is 0 Å². The third kappa shape index (κ3) is 11.6. The number of carbonyl (C=O) groups is 1. The van der Waals surface area contributed by atoms with Crippen LogP contribution in [0.25, 0.3) is 0 Å². The van der Waals surface area contributed by atoms with Gasteiger partial charge >= 0.3 is 0 Å². The molecule has 2 aromatic carbocycles. The molecule has 0 saturated carbocycles. The first kappa shape index (κ1) is 33.9. The first-order chi connectivity index (χ1) is 14.6. The van der Waals surface area contributed by atoms with Gasteiger partial charge in [0.1, 0.15) is 0 Å². The van der Waals surface area contributed by atoms with Crippen molar-refractivity contribution in [3.05, 3.63) is 57.6 Å². The summed E-state index contributed by atoms with van der Waals surface area (Å²) in [6.07, 6.45) is 2.14. The van der Waals surface area contributed by atoms with Gasteiger partial charge in [-0.25, -0.2) is 0 Å². The summed E-state index contributed by atoms with van der Waals surface area (Å²) in [7, 11) is 0. The van der Waals surface area contributed by atoms with Gasteiger partial charge in [0, 0.05) is 30.2 Å². The van der Waals surface area contributed by atoms with Crippen LogP contribution in [0.4, 0.5) is 11.4 Å². The number of alkyl halides is 1. The van der Waals surface area contributed by atoms with Crippen LogP contribution in [0.5, 0.6) is 0 Å². The van der Waals surface area contributed by atoms with E-state index in [1.54, 1.807) is 0 Å². The van der Waals surface area contributed by atoms with Crippen LogP contribution in [0.2, 0.25) is 0 Å². The average Bonchev–Trinajstić information content (AvgIpc) is 2.70. The summed E-state index contributed by atoms with van der Waals surface area (Å²) in [4.78, 5) is 13.4. The minimum atomic E-state index is -0.0225. The zero-order chi connectivity index (χ0) is 23.6. The highest BCUT2D eigenvalue weighted by atomic mass is 79.9. The molecule has 0 aliphatic heterocycles. The molecule has 2 aromatic rings. The number of nitrogens with two attached hydrogens (primary N) is 1. The van der Waals surface area contributed by atoms with Gasteiger partial charge in [-0.05, 0) is 99.1 Å². The molecule has 4 nitrogen and oxygen atoms in total. The molecule has 0 atom stereocenters. The molecule has 1 amide bonds. The van der Waals surface area contributed by atoms with Crippen LogP contribution < -0.4 is 11.1 Å². The van der Waals surface area contributed by atoms with Crippen molar-refractivity contribution in [1.82, 2.24) is 4.90 Å². The Morgan fingerprint density at radius 1 is 0.879 bits per heavy atom. The van der Waals surface area contributed by atoms with Crippen LogP contribution in [0, 0.1) is 27.7 Å². The van der Waals surface area contributed by atoms with Gasteiger partial charge in [0.05, 0.1) is 0 Å². The summed E-state index contributed by atoms with van der Waals surface area (Å²) in [5, 5.41) is 3.80. The topological polar surface area (TPSA) is 58.4 Å². The molecule has 0 aliphatic rings. The van der Waals surface area contributed by atoms with Gasteiger partial charge in [0.2, 0.25) is 5.91 Å². The third-order valence-electron chi connectivity index (χ3n) is 5.67. The van der Waals surface area contributed by atoms with Gasteiger partial charge in [0.25, 0.3) is 0 Å². The van der Waals surface area contributed by atoms with E-state index in [-0.39, 0.29) is 30.7 Å². The lowest BCUT2D eigenvalue weighted by Crippen LogP contribution is -2.25. The van der Waals surface area contributed by atoms with E-state index in [2.05, 4.69) is 79.0 Å². The van der Waals surface area contributed by atoms with E-state index in [9.17, 15) is 4.79 Å². The van der Waals surface area contributed by atoms with E-state index in [0.29, 0.717) is 0 Å². The lowest BCUT2D eigenvalue weighted by molar-refractivity contribution is -0.114. The molecule has 0 aliphatic carbocycles. The maximum atomic E-state index is 11.0. The van der Waals surface area contributed by atoms with E-state index in [0.717, 1.165) is 54.7 Å². The quantitative estimate of drug-likeness (QED) is 0.274. The Morgan fingerprint density at radius 3 is 1.91 bits per heavy atom. The molecule has 0 unspecified atom stereocenters. The zero-order valence-electron chi connectivity index (χ0n) is 21.2. The van der Waals surface area contributed by atoms with E-state index < -0.39 is 0 Å². The van der Waals surface area contributed by atoms with Crippen molar-refractivity contribution < 1.29 is 4.79 Å². The third-order valence-corrected chi connectivity index (χ3v) is 6.07. The fraction of sp³-hybridized carbons (Fsp3) is 0.500. The summed E-state index contributed by atoms with van der Waals surface area (Å²) < 4.78 is 0. The summed E-state index contributed by atoms with van der Waals surface area (Å²) in [6.45, 7) is 17.7. The van der Waals surface area contributed by atoms with Crippen molar-refractivity contribution in [3.8, 4) is 0 Å². The van der Waals surface area contributed by atoms with Gasteiger partial charge in [-0.2, -0.15) is 0 Å². The first-order valence-electron chi connectivity index (χ1n) is 11.1. The molecule has 3 N–H and O–H groups in total. The number of nitrogens with zero attached hydrogens (tertiary/aromatic N) is 1. The van der Waals surface area contributed by atoms with Gasteiger partial charge < -0.3 is 16.0 Å². The summed E-state index contributed by atoms with van der Waals surface area (Å²) >= 11 is 3.43. The number of carbonyl (C=O) groups excluding carboxylic acids is 1. The van der Waals surface area contributed by atoms with E-state index in [4.69, 9.17) is 5.73 Å². The number of rotatable bonds is 8. The molecule has 0 spiro atoms. The van der Waals surface area contributed by atoms with Crippen LogP contribution >= 0.6 is 40.7 Å². The molecule has 0 heterocycles. The highest BCUT2D eigenvalue weighted by Crippen LogP contribution is 2.21. The zero-order valence-corrected chi connectivity index (χ0v) is 24.4. The largest absolute Gasteiger partial charge is 0.399 e. The average molecular weight is 563 g/mol. The van der Waals surface area contributed by atoms with Crippen LogP contribution in [0.15, 0.2) is 24.3 Å². The molecule has 0 saturated heterocycles. The van der Waals surface area contributed by atoms with Gasteiger partial charge in [-0.1, -0.05) is 41.9 Å². The molecule has 0 bridgehead atoms. The molecular formula is C26H42BrCl2N3O. The number of nitrogens with one attached hydrogen (secondary N) is 1. The number of hydrogen-bond donors (Lipinski definition) is 2. The summed E-state index contributed by atoms with van der Waals surface area (Å²) in [5.41, 5.74) is 15.3. The van der Waals surface area contributed by atoms with E-state index in [1.165, 1.54) is 34.7 Å². The minimum absolute atomic E-state index is 0. The fourth-order valence-electron chi connectivity index (χ4n) is 3.56. The van der Waals surface area contributed by atoms with Crippen molar-refractivity contribution in [2.75, 3.05) is 36.0 Å². The Hall–Kier alpha value is -1.27. The smallest absolute Gasteiger partial charge is 0.221 e. The van der Waals surface area contributed by atoms with E-state index >= 15 is 0 Å². The highest BCUT2D eigenvalue weighted by Gasteiger charge is 2.06. The normalized spacial score (nSPS) is 9.97. The Morgan fingerprint density at radius 2 is 1.39 bits per heavy atom. The van der Waals surface area contributed by atoms with Crippen molar-refractivity contribution in [2.24, 2.45) is 0 Å². The van der Waals surface area contributed by atoms with Crippen molar-refractivity contribution >= 4 is 58.0 Å². The Balaban J connectivity index is 0. The predicted molar refractivity (Wildman–Crippen MR) is 154 cm³/mol. The second kappa shape index (κ2) is 17.2. The van der Waals surface area contributed by atoms with Crippen LogP contribution in [0.3, 0.4) is 0 Å². The lowest BCUT2D eigenvalue weighted by atomic mass is 10.0. The second-order valence-electron chi connectivity index (χ2n) is 8.13. The maximum absolute atomic E-state index is 11.0. The Labute approximate surface area is 222 Å². The highest BCUT2D eigenvalue weighted by molar-refractivity contribution is 9.09. The van der Waals surface area contributed by atoms with Crippen molar-refractivity contribution in [1.29, 1.82) is 0 Å². The lowest BCUT2D eigenvalue weighted by Gasteiger charge is -2.19. The number of hydrogen-bond acceptors (Lipinski definition) is 3. The monoisotopic (exact) mass is 561 g/mol. The van der Waals surface area contributed by atoms with Crippen LogP contribution in [-0.4, -0.2) is 35.8 Å². The standard InChI is InChI=1S/C14H24N2.C12H16BrNO.2ClH/c1-5-16(6-2)8-7-13-9-12(4)14(15)10-11(13)3;1-8-7-12(14-10(3)15)9(2)6-11(8)4-5-13;;/h9-10H,5-8,15H2,1-4H3;6-7H,4-5H2,1-3H3,(H,14,15);2*1H. The molecule has 33 heavy (non-hydrogen) atoms. The van der Waals surface area contributed by atoms with Gasteiger partial charge in [-0.3, -0.25) is 4.79 Å². The predicted octanol–water partition coefficient (Wildman–Crippen LogP) is 6.81. The number of likely N-dealkylation sites (N-methyl/N-ethyl adjacent to an activating group) is 1. The SMILES string of the molecule is CC(=O)Nc1cc(C)c(CCBr)cc1C.CCN(CC)CCc1cc(C)c(N)cc1C.Cl.Cl. The molecule has 7 heteroatoms. The molecule has 0 fully saturated rings. The Bertz CT molecular complexity index is 871. The number of halogens is 3.